The van der Waals surface area contributed by atoms with Crippen LogP contribution in [0.25, 0.3) is 16.7 Å². The van der Waals surface area contributed by atoms with Gasteiger partial charge in [-0.1, -0.05) is 35.9 Å². The van der Waals surface area contributed by atoms with E-state index in [1.165, 1.54) is 6.07 Å². The van der Waals surface area contributed by atoms with E-state index in [0.717, 1.165) is 31.5 Å². The van der Waals surface area contributed by atoms with Crippen molar-refractivity contribution in [2.24, 2.45) is 0 Å². The summed E-state index contributed by atoms with van der Waals surface area (Å²) in [7, 11) is 0. The number of carboxylic acid groups (broad SMARTS) is 1. The summed E-state index contributed by atoms with van der Waals surface area (Å²) in [6, 6.07) is 7.26. The number of hydrogen-bond acceptors (Lipinski definition) is 6. The Bertz CT molecular complexity index is 1410. The summed E-state index contributed by atoms with van der Waals surface area (Å²) < 4.78 is 5.76. The second-order valence-corrected chi connectivity index (χ2v) is 9.53. The minimum Gasteiger partial charge on any atom is -0.478 e. The molecule has 36 heavy (non-hydrogen) atoms. The monoisotopic (exact) mass is 507 g/mol. The number of imidazole rings is 1. The number of carbonyl (C=O) groups is 2. The van der Waals surface area contributed by atoms with Crippen molar-refractivity contribution in [2.75, 3.05) is 13.1 Å². The number of pyridine rings is 1. The molecule has 1 aliphatic carbocycles. The van der Waals surface area contributed by atoms with E-state index in [-0.39, 0.29) is 29.6 Å². The predicted octanol–water partition coefficient (Wildman–Crippen LogP) is 4.33. The maximum absolute atomic E-state index is 11.4. The van der Waals surface area contributed by atoms with Crippen LogP contribution in [0, 0.1) is 6.92 Å². The zero-order valence-corrected chi connectivity index (χ0v) is 20.7. The van der Waals surface area contributed by atoms with Gasteiger partial charge in [-0.25, -0.2) is 9.78 Å². The van der Waals surface area contributed by atoms with Crippen LogP contribution in [0.15, 0.2) is 42.5 Å². The van der Waals surface area contributed by atoms with E-state index in [2.05, 4.69) is 37.3 Å². The van der Waals surface area contributed by atoms with Crippen LogP contribution in [0.2, 0.25) is 5.02 Å². The lowest BCUT2D eigenvalue weighted by Crippen LogP contribution is -2.38. The smallest absolute Gasteiger partial charge is 0.336 e. The molecule has 3 N–H and O–H groups in total. The van der Waals surface area contributed by atoms with Crippen LogP contribution < -0.4 is 10.1 Å². The van der Waals surface area contributed by atoms with E-state index >= 15 is 0 Å². The zero-order valence-electron chi connectivity index (χ0n) is 19.9. The van der Waals surface area contributed by atoms with Gasteiger partial charge in [-0.2, -0.15) is 4.98 Å². The first-order valence-electron chi connectivity index (χ1n) is 11.7. The second-order valence-electron chi connectivity index (χ2n) is 9.12. The molecule has 186 valence electrons. The van der Waals surface area contributed by atoms with Crippen LogP contribution in [0.4, 0.5) is 0 Å². The number of likely N-dealkylation sites (tertiary alicyclic amines) is 1. The first kappa shape index (κ1) is 24.0. The number of halogens is 1. The van der Waals surface area contributed by atoms with Gasteiger partial charge in [-0.15, -0.1) is 0 Å². The Balaban J connectivity index is 1.31. The molecule has 2 atom stereocenters. The fourth-order valence-corrected chi connectivity index (χ4v) is 4.96. The number of ether oxygens (including phenoxy) is 1. The van der Waals surface area contributed by atoms with Crippen molar-refractivity contribution in [3.05, 3.63) is 64.3 Å². The lowest BCUT2D eigenvalue weighted by Gasteiger charge is -2.26. The fraction of sp³-hybridized carbons (Fsp3) is 0.308. The standard InChI is InChI=1S/C26H26ClN5O4/c1-14-3-8-19(11-20(14)25(34)35)36-26-29-22-12-21(27)23(30-24(22)31-26)16-4-6-18(7-5-16)32-10-9-17(13-32)28-15(2)33/h3-6,8,11-12,17-18H,7,9-10,13H2,1-2H3,(H,28,33)(H,34,35)(H,29,30,31). The van der Waals surface area contributed by atoms with Gasteiger partial charge in [0.05, 0.1) is 21.8 Å². The van der Waals surface area contributed by atoms with Crippen LogP contribution in [0.5, 0.6) is 11.8 Å². The van der Waals surface area contributed by atoms with Crippen molar-refractivity contribution < 1.29 is 19.4 Å². The number of allylic oxidation sites excluding steroid dienone is 2. The Morgan fingerprint density at radius 1 is 1.28 bits per heavy atom. The highest BCUT2D eigenvalue weighted by Crippen LogP contribution is 2.32. The van der Waals surface area contributed by atoms with Crippen LogP contribution in [-0.2, 0) is 4.79 Å². The van der Waals surface area contributed by atoms with Gasteiger partial charge in [0.15, 0.2) is 5.65 Å². The SMILES string of the molecule is CC(=O)NC1CCN(C2C=CC(c3nc4nc(Oc5ccc(C)c(C(=O)O)c5)[nH]c4cc3Cl)=CC2)C1. The van der Waals surface area contributed by atoms with Crippen molar-refractivity contribution in [3.8, 4) is 11.8 Å². The number of nitrogens with one attached hydrogen (secondary N) is 2. The van der Waals surface area contributed by atoms with E-state index in [9.17, 15) is 14.7 Å². The summed E-state index contributed by atoms with van der Waals surface area (Å²) in [4.78, 5) is 37.2. The number of aryl methyl sites for hydroxylation is 1. The van der Waals surface area contributed by atoms with Gasteiger partial charge in [0.2, 0.25) is 5.91 Å². The molecule has 0 spiro atoms. The summed E-state index contributed by atoms with van der Waals surface area (Å²) >= 11 is 6.57. The molecule has 0 bridgehead atoms. The predicted molar refractivity (Wildman–Crippen MR) is 136 cm³/mol. The number of amides is 1. The first-order valence-corrected chi connectivity index (χ1v) is 12.1. The largest absolute Gasteiger partial charge is 0.478 e. The summed E-state index contributed by atoms with van der Waals surface area (Å²) in [5.41, 5.74) is 3.43. The first-order chi connectivity index (χ1) is 17.3. The molecule has 1 amide bonds. The number of rotatable bonds is 6. The molecule has 2 aromatic heterocycles. The Kier molecular flexibility index (Phi) is 6.51. The fourth-order valence-electron chi connectivity index (χ4n) is 4.70. The number of benzene rings is 1. The van der Waals surface area contributed by atoms with Crippen LogP contribution in [0.1, 0.15) is 41.4 Å². The summed E-state index contributed by atoms with van der Waals surface area (Å²) in [6.45, 7) is 5.07. The number of nitrogens with zero attached hydrogens (tertiary/aromatic N) is 3. The van der Waals surface area contributed by atoms with Gasteiger partial charge < -0.3 is 20.1 Å². The minimum absolute atomic E-state index is 0.00938. The maximum Gasteiger partial charge on any atom is 0.336 e. The average Bonchev–Trinajstić information content (AvgIpc) is 3.45. The summed E-state index contributed by atoms with van der Waals surface area (Å²) in [5, 5.41) is 12.8. The summed E-state index contributed by atoms with van der Waals surface area (Å²) in [6.07, 6.45) is 8.09. The number of hydrogen-bond donors (Lipinski definition) is 3. The number of fused-ring (bicyclic) bond motifs is 1. The lowest BCUT2D eigenvalue weighted by molar-refractivity contribution is -0.119. The van der Waals surface area contributed by atoms with Crippen molar-refractivity contribution in [2.45, 2.75) is 38.8 Å². The molecule has 5 rings (SSSR count). The highest BCUT2D eigenvalue weighted by Gasteiger charge is 2.28. The Hall–Kier alpha value is -3.69. The average molecular weight is 508 g/mol. The molecule has 9 nitrogen and oxygen atoms in total. The van der Waals surface area contributed by atoms with E-state index in [1.807, 2.05) is 6.08 Å². The zero-order chi connectivity index (χ0) is 25.4. The van der Waals surface area contributed by atoms with E-state index in [4.69, 9.17) is 16.3 Å². The third kappa shape index (κ3) is 4.98. The van der Waals surface area contributed by atoms with Gasteiger partial charge in [0.1, 0.15) is 5.75 Å². The van der Waals surface area contributed by atoms with Gasteiger partial charge >= 0.3 is 12.0 Å². The van der Waals surface area contributed by atoms with Crippen molar-refractivity contribution in [1.29, 1.82) is 0 Å². The molecule has 2 aliphatic rings. The molecule has 0 saturated carbocycles. The van der Waals surface area contributed by atoms with Gasteiger partial charge in [0, 0.05) is 32.1 Å². The number of aromatic nitrogens is 3. The molecule has 3 heterocycles. The van der Waals surface area contributed by atoms with E-state index in [1.54, 1.807) is 32.0 Å². The topological polar surface area (TPSA) is 120 Å². The number of aromatic amines is 1. The lowest BCUT2D eigenvalue weighted by atomic mass is 9.99. The molecule has 1 saturated heterocycles. The van der Waals surface area contributed by atoms with Crippen LogP contribution >= 0.6 is 11.6 Å². The van der Waals surface area contributed by atoms with Crippen molar-refractivity contribution in [1.82, 2.24) is 25.2 Å². The maximum atomic E-state index is 11.4. The number of carboxylic acids is 1. The normalized spacial score (nSPS) is 19.9. The van der Waals surface area contributed by atoms with Crippen LogP contribution in [0.3, 0.4) is 0 Å². The minimum atomic E-state index is -1.02. The molecule has 1 fully saturated rings. The number of H-pyrrole nitrogens is 1. The second kappa shape index (κ2) is 9.75. The molecule has 1 aromatic carbocycles. The number of aromatic carboxylic acids is 1. The van der Waals surface area contributed by atoms with Gasteiger partial charge in [0.25, 0.3) is 0 Å². The molecule has 0 radical (unpaired) electrons. The highest BCUT2D eigenvalue weighted by molar-refractivity contribution is 6.32. The molecular formula is C26H26ClN5O4. The quantitative estimate of drug-likeness (QED) is 0.454. The number of carbonyl (C=O) groups excluding carboxylic acids is 1. The van der Waals surface area contributed by atoms with Gasteiger partial charge in [-0.05, 0) is 49.1 Å². The Morgan fingerprint density at radius 3 is 2.83 bits per heavy atom. The van der Waals surface area contributed by atoms with E-state index < -0.39 is 5.97 Å². The third-order valence-electron chi connectivity index (χ3n) is 6.51. The van der Waals surface area contributed by atoms with Gasteiger partial charge in [-0.3, -0.25) is 9.69 Å². The molecule has 10 heteroatoms. The molecular weight excluding hydrogens is 482 g/mol. The van der Waals surface area contributed by atoms with Crippen LogP contribution in [-0.4, -0.2) is 62.0 Å². The van der Waals surface area contributed by atoms with E-state index in [0.29, 0.717) is 33.2 Å². The Labute approximate surface area is 212 Å². The van der Waals surface area contributed by atoms with Crippen molar-refractivity contribution in [3.63, 3.8) is 0 Å². The molecule has 2 unspecified atom stereocenters. The third-order valence-corrected chi connectivity index (χ3v) is 6.79. The summed E-state index contributed by atoms with van der Waals surface area (Å²) in [5.74, 6) is -0.654. The van der Waals surface area contributed by atoms with Crippen molar-refractivity contribution >= 4 is 40.2 Å². The Morgan fingerprint density at radius 2 is 2.11 bits per heavy atom. The highest BCUT2D eigenvalue weighted by atomic mass is 35.5. The molecule has 3 aromatic rings. The molecule has 1 aliphatic heterocycles.